The van der Waals surface area contributed by atoms with Gasteiger partial charge in [0.1, 0.15) is 5.75 Å². The standard InChI is InChI=1S/C12H18O2/c1-9(2)11-7-5-6-10(3)12(11)14-8-13-4/h5-7,9H,8H2,1-4H3. The molecule has 2 heteroatoms. The predicted molar refractivity (Wildman–Crippen MR) is 57.8 cm³/mol. The smallest absolute Gasteiger partial charge is 0.188 e. The highest BCUT2D eigenvalue weighted by Gasteiger charge is 2.09. The molecule has 0 bridgehead atoms. The molecule has 2 nitrogen and oxygen atoms in total. The molecule has 0 saturated heterocycles. The van der Waals surface area contributed by atoms with Crippen LogP contribution in [0.5, 0.6) is 5.75 Å². The summed E-state index contributed by atoms with van der Waals surface area (Å²) in [6.07, 6.45) is 0. The molecule has 1 rings (SSSR count). The first-order valence-electron chi connectivity index (χ1n) is 4.88. The van der Waals surface area contributed by atoms with E-state index >= 15 is 0 Å². The highest BCUT2D eigenvalue weighted by Crippen LogP contribution is 2.29. The molecule has 0 aliphatic carbocycles. The van der Waals surface area contributed by atoms with Gasteiger partial charge in [0.25, 0.3) is 0 Å². The second-order valence-electron chi connectivity index (χ2n) is 3.70. The number of rotatable bonds is 4. The van der Waals surface area contributed by atoms with E-state index in [1.165, 1.54) is 5.56 Å². The highest BCUT2D eigenvalue weighted by molar-refractivity contribution is 5.42. The number of hydrogen-bond acceptors (Lipinski definition) is 2. The molecule has 0 heterocycles. The van der Waals surface area contributed by atoms with E-state index in [0.29, 0.717) is 12.7 Å². The Labute approximate surface area is 85.8 Å². The van der Waals surface area contributed by atoms with Crippen molar-refractivity contribution in [1.29, 1.82) is 0 Å². The molecule has 0 unspecified atom stereocenters. The first kappa shape index (κ1) is 11.1. The van der Waals surface area contributed by atoms with Gasteiger partial charge in [-0.05, 0) is 24.0 Å². The lowest BCUT2D eigenvalue weighted by Crippen LogP contribution is -2.04. The van der Waals surface area contributed by atoms with Gasteiger partial charge in [0.05, 0.1) is 0 Å². The summed E-state index contributed by atoms with van der Waals surface area (Å²) in [6.45, 7) is 6.68. The summed E-state index contributed by atoms with van der Waals surface area (Å²) < 4.78 is 10.5. The summed E-state index contributed by atoms with van der Waals surface area (Å²) in [5.74, 6) is 1.44. The fraction of sp³-hybridized carbons (Fsp3) is 0.500. The molecule has 1 aromatic carbocycles. The van der Waals surface area contributed by atoms with Crippen LogP contribution in [-0.4, -0.2) is 13.9 Å². The summed E-state index contributed by atoms with van der Waals surface area (Å²) in [7, 11) is 1.63. The minimum atomic E-state index is 0.310. The molecule has 14 heavy (non-hydrogen) atoms. The molecule has 0 amide bonds. The van der Waals surface area contributed by atoms with Gasteiger partial charge in [-0.1, -0.05) is 32.0 Å². The molecule has 0 radical (unpaired) electrons. The molecule has 0 N–H and O–H groups in total. The van der Waals surface area contributed by atoms with Crippen molar-refractivity contribution in [3.05, 3.63) is 29.3 Å². The first-order chi connectivity index (χ1) is 6.66. The minimum Gasteiger partial charge on any atom is -0.467 e. The highest BCUT2D eigenvalue weighted by atomic mass is 16.7. The van der Waals surface area contributed by atoms with Crippen LogP contribution in [0.25, 0.3) is 0 Å². The van der Waals surface area contributed by atoms with Crippen molar-refractivity contribution in [2.45, 2.75) is 26.7 Å². The van der Waals surface area contributed by atoms with E-state index in [2.05, 4.69) is 39.0 Å². The third kappa shape index (κ3) is 2.48. The van der Waals surface area contributed by atoms with Gasteiger partial charge >= 0.3 is 0 Å². The number of hydrogen-bond donors (Lipinski definition) is 0. The van der Waals surface area contributed by atoms with Crippen LogP contribution in [0.2, 0.25) is 0 Å². The Balaban J connectivity index is 2.96. The van der Waals surface area contributed by atoms with Crippen LogP contribution in [0.4, 0.5) is 0 Å². The van der Waals surface area contributed by atoms with Crippen molar-refractivity contribution in [3.8, 4) is 5.75 Å². The van der Waals surface area contributed by atoms with Gasteiger partial charge in [0, 0.05) is 7.11 Å². The number of methoxy groups -OCH3 is 1. The summed E-state index contributed by atoms with van der Waals surface area (Å²) >= 11 is 0. The maximum Gasteiger partial charge on any atom is 0.188 e. The van der Waals surface area contributed by atoms with Crippen LogP contribution in [0.1, 0.15) is 30.9 Å². The van der Waals surface area contributed by atoms with Gasteiger partial charge in [-0.15, -0.1) is 0 Å². The van der Waals surface area contributed by atoms with E-state index in [0.717, 1.165) is 11.3 Å². The Kier molecular flexibility index (Phi) is 3.96. The van der Waals surface area contributed by atoms with Crippen molar-refractivity contribution in [3.63, 3.8) is 0 Å². The van der Waals surface area contributed by atoms with Gasteiger partial charge in [0.2, 0.25) is 0 Å². The zero-order valence-electron chi connectivity index (χ0n) is 9.33. The average molecular weight is 194 g/mol. The fourth-order valence-corrected chi connectivity index (χ4v) is 1.44. The van der Waals surface area contributed by atoms with Crippen molar-refractivity contribution in [2.75, 3.05) is 13.9 Å². The Morgan fingerprint density at radius 2 is 2.00 bits per heavy atom. The van der Waals surface area contributed by atoms with Gasteiger partial charge in [-0.25, -0.2) is 0 Å². The van der Waals surface area contributed by atoms with E-state index in [1.807, 2.05) is 0 Å². The molecule has 0 atom stereocenters. The van der Waals surface area contributed by atoms with E-state index in [1.54, 1.807) is 7.11 Å². The molecule has 0 spiro atoms. The third-order valence-corrected chi connectivity index (χ3v) is 2.19. The molecular weight excluding hydrogens is 176 g/mol. The van der Waals surface area contributed by atoms with Crippen molar-refractivity contribution in [2.24, 2.45) is 0 Å². The SMILES string of the molecule is COCOc1c(C)cccc1C(C)C. The number of aryl methyl sites for hydroxylation is 1. The molecule has 0 fully saturated rings. The maximum atomic E-state index is 5.56. The van der Waals surface area contributed by atoms with Crippen molar-refractivity contribution >= 4 is 0 Å². The molecule has 0 saturated carbocycles. The number of benzene rings is 1. The van der Waals surface area contributed by atoms with Crippen LogP contribution in [0.15, 0.2) is 18.2 Å². The largest absolute Gasteiger partial charge is 0.467 e. The lowest BCUT2D eigenvalue weighted by Gasteiger charge is -2.15. The Bertz CT molecular complexity index is 292. The zero-order chi connectivity index (χ0) is 10.6. The normalized spacial score (nSPS) is 10.6. The topological polar surface area (TPSA) is 18.5 Å². The number of para-hydroxylation sites is 1. The Hall–Kier alpha value is -1.02. The maximum absolute atomic E-state index is 5.56. The molecule has 0 aliphatic rings. The molecule has 0 aromatic heterocycles. The zero-order valence-corrected chi connectivity index (χ0v) is 9.33. The fourth-order valence-electron chi connectivity index (χ4n) is 1.44. The monoisotopic (exact) mass is 194 g/mol. The van der Waals surface area contributed by atoms with Crippen LogP contribution in [-0.2, 0) is 4.74 Å². The summed E-state index contributed by atoms with van der Waals surface area (Å²) in [5, 5.41) is 0. The van der Waals surface area contributed by atoms with Crippen molar-refractivity contribution < 1.29 is 9.47 Å². The lowest BCUT2D eigenvalue weighted by molar-refractivity contribution is 0.0497. The summed E-state index contributed by atoms with van der Waals surface area (Å²) in [5.41, 5.74) is 2.40. The van der Waals surface area contributed by atoms with Crippen LogP contribution in [0.3, 0.4) is 0 Å². The quantitative estimate of drug-likeness (QED) is 0.686. The van der Waals surface area contributed by atoms with Gasteiger partial charge in [-0.3, -0.25) is 0 Å². The van der Waals surface area contributed by atoms with Crippen LogP contribution in [0, 0.1) is 6.92 Å². The predicted octanol–water partition coefficient (Wildman–Crippen LogP) is 3.10. The third-order valence-electron chi connectivity index (χ3n) is 2.19. The summed E-state index contributed by atoms with van der Waals surface area (Å²) in [4.78, 5) is 0. The van der Waals surface area contributed by atoms with E-state index in [9.17, 15) is 0 Å². The molecule has 1 aromatic rings. The minimum absolute atomic E-state index is 0.310. The van der Waals surface area contributed by atoms with E-state index < -0.39 is 0 Å². The van der Waals surface area contributed by atoms with Crippen LogP contribution < -0.4 is 4.74 Å². The second kappa shape index (κ2) is 5.01. The van der Waals surface area contributed by atoms with Crippen molar-refractivity contribution in [1.82, 2.24) is 0 Å². The molecular formula is C12H18O2. The second-order valence-corrected chi connectivity index (χ2v) is 3.70. The van der Waals surface area contributed by atoms with Gasteiger partial charge in [-0.2, -0.15) is 0 Å². The molecule has 0 aliphatic heterocycles. The Morgan fingerprint density at radius 3 is 2.57 bits per heavy atom. The first-order valence-corrected chi connectivity index (χ1v) is 4.88. The molecule has 78 valence electrons. The lowest BCUT2D eigenvalue weighted by atomic mass is 10.00. The van der Waals surface area contributed by atoms with Gasteiger partial charge < -0.3 is 9.47 Å². The number of ether oxygens (including phenoxy) is 2. The van der Waals surface area contributed by atoms with E-state index in [-0.39, 0.29) is 0 Å². The Morgan fingerprint density at radius 1 is 1.29 bits per heavy atom. The van der Waals surface area contributed by atoms with Gasteiger partial charge in [0.15, 0.2) is 6.79 Å². The van der Waals surface area contributed by atoms with Crippen LogP contribution >= 0.6 is 0 Å². The average Bonchev–Trinajstić information content (AvgIpc) is 2.15. The summed E-state index contributed by atoms with van der Waals surface area (Å²) in [6, 6.07) is 6.21. The van der Waals surface area contributed by atoms with E-state index in [4.69, 9.17) is 9.47 Å².